The highest BCUT2D eigenvalue weighted by Gasteiger charge is 2.29. The summed E-state index contributed by atoms with van der Waals surface area (Å²) in [5, 5.41) is 2.70. The Balaban J connectivity index is 1.81. The monoisotopic (exact) mass is 428 g/mol. The maximum Gasteiger partial charge on any atom is 0.265 e. The number of para-hydroxylation sites is 2. The molecule has 0 saturated heterocycles. The number of hydrogen-bond acceptors (Lipinski definition) is 4. The van der Waals surface area contributed by atoms with Gasteiger partial charge in [0.2, 0.25) is 0 Å². The van der Waals surface area contributed by atoms with Gasteiger partial charge >= 0.3 is 0 Å². The van der Waals surface area contributed by atoms with Crippen LogP contribution in [0.3, 0.4) is 0 Å². The highest BCUT2D eigenvalue weighted by Crippen LogP contribution is 2.39. The Morgan fingerprint density at radius 3 is 2.52 bits per heavy atom. The fourth-order valence-corrected chi connectivity index (χ4v) is 4.78. The van der Waals surface area contributed by atoms with Gasteiger partial charge in [-0.2, -0.15) is 0 Å². The largest absolute Gasteiger partial charge is 0.454 e. The van der Waals surface area contributed by atoms with E-state index in [2.05, 4.69) is 5.32 Å². The molecule has 0 spiro atoms. The Bertz CT molecular complexity index is 1240. The fraction of sp³-hybridized carbons (Fsp3) is 0.0952. The van der Waals surface area contributed by atoms with Crippen LogP contribution in [0.15, 0.2) is 65.6 Å². The number of hydrogen-bond donors (Lipinski definition) is 1. The van der Waals surface area contributed by atoms with Crippen LogP contribution in [0.25, 0.3) is 0 Å². The summed E-state index contributed by atoms with van der Waals surface area (Å²) in [6.07, 6.45) is 0. The molecule has 0 radical (unpaired) electrons. The average Bonchev–Trinajstić information content (AvgIpc) is 2.81. The average molecular weight is 429 g/mol. The van der Waals surface area contributed by atoms with E-state index in [4.69, 9.17) is 16.3 Å². The van der Waals surface area contributed by atoms with Crippen LogP contribution in [0.5, 0.6) is 11.5 Å². The van der Waals surface area contributed by atoms with Gasteiger partial charge in [-0.05, 0) is 42.8 Å². The molecule has 3 aromatic rings. The summed E-state index contributed by atoms with van der Waals surface area (Å²) in [6, 6.07) is 16.6. The number of aryl methyl sites for hydroxylation is 1. The van der Waals surface area contributed by atoms with Gasteiger partial charge in [0.25, 0.3) is 15.9 Å². The third-order valence-corrected chi connectivity index (χ3v) is 6.89. The molecule has 29 heavy (non-hydrogen) atoms. The third-order valence-electron chi connectivity index (χ3n) is 4.64. The minimum absolute atomic E-state index is 0.0320. The Hall–Kier alpha value is -3.03. The molecule has 0 aromatic heterocycles. The molecule has 3 aromatic carbocycles. The van der Waals surface area contributed by atoms with Crippen molar-refractivity contribution in [3.63, 3.8) is 0 Å². The molecular weight excluding hydrogens is 412 g/mol. The molecule has 0 unspecified atom stereocenters. The van der Waals surface area contributed by atoms with E-state index in [1.165, 1.54) is 19.2 Å². The van der Waals surface area contributed by atoms with Crippen LogP contribution in [0, 0.1) is 6.92 Å². The van der Waals surface area contributed by atoms with Crippen LogP contribution in [0.2, 0.25) is 5.02 Å². The molecule has 0 atom stereocenters. The van der Waals surface area contributed by atoms with E-state index in [-0.39, 0.29) is 21.2 Å². The number of fused-ring (bicyclic) bond motifs is 2. The second-order valence-corrected chi connectivity index (χ2v) is 8.99. The van der Waals surface area contributed by atoms with E-state index >= 15 is 0 Å². The minimum Gasteiger partial charge on any atom is -0.454 e. The number of anilines is 2. The fourth-order valence-electron chi connectivity index (χ4n) is 3.07. The van der Waals surface area contributed by atoms with Gasteiger partial charge in [0.1, 0.15) is 10.6 Å². The highest BCUT2D eigenvalue weighted by atomic mass is 35.5. The molecule has 148 valence electrons. The second-order valence-electron chi connectivity index (χ2n) is 6.64. The van der Waals surface area contributed by atoms with E-state index in [0.29, 0.717) is 17.1 Å². The molecule has 1 heterocycles. The molecule has 6 nitrogen and oxygen atoms in total. The van der Waals surface area contributed by atoms with Crippen LogP contribution in [0.1, 0.15) is 15.9 Å². The van der Waals surface area contributed by atoms with Gasteiger partial charge in [-0.25, -0.2) is 8.42 Å². The van der Waals surface area contributed by atoms with E-state index in [9.17, 15) is 13.2 Å². The van der Waals surface area contributed by atoms with Gasteiger partial charge in [0.05, 0.1) is 22.0 Å². The lowest BCUT2D eigenvalue weighted by Gasteiger charge is -2.21. The molecule has 0 aliphatic carbocycles. The van der Waals surface area contributed by atoms with Crippen LogP contribution >= 0.6 is 11.6 Å². The lowest BCUT2D eigenvalue weighted by atomic mass is 10.2. The number of ether oxygens (including phenoxy) is 1. The molecule has 1 aliphatic heterocycles. The zero-order valence-electron chi connectivity index (χ0n) is 15.6. The number of carbonyl (C=O) groups excluding carboxylic acids is 1. The van der Waals surface area contributed by atoms with Crippen molar-refractivity contribution in [1.29, 1.82) is 0 Å². The van der Waals surface area contributed by atoms with E-state index in [0.717, 1.165) is 9.87 Å². The summed E-state index contributed by atoms with van der Waals surface area (Å²) in [7, 11) is -2.57. The van der Waals surface area contributed by atoms with Crippen LogP contribution in [-0.2, 0) is 10.0 Å². The first-order chi connectivity index (χ1) is 13.8. The van der Waals surface area contributed by atoms with E-state index in [1.54, 1.807) is 42.5 Å². The molecule has 8 heteroatoms. The normalized spacial score (nSPS) is 12.9. The number of carbonyl (C=O) groups is 1. The molecule has 1 N–H and O–H groups in total. The Kier molecular flexibility index (Phi) is 4.72. The molecule has 4 rings (SSSR count). The van der Waals surface area contributed by atoms with Crippen molar-refractivity contribution in [2.45, 2.75) is 11.8 Å². The quantitative estimate of drug-likeness (QED) is 0.648. The smallest absolute Gasteiger partial charge is 0.265 e. The molecule has 0 fully saturated rings. The van der Waals surface area contributed by atoms with Gasteiger partial charge in [-0.1, -0.05) is 35.9 Å². The highest BCUT2D eigenvalue weighted by molar-refractivity contribution is 7.93. The SMILES string of the molecule is Cc1cccc(N(C)S(=O)(=O)c2cc3c(cc2Cl)Oc2ccccc2NC3=O)c1. The van der Waals surface area contributed by atoms with Crippen molar-refractivity contribution >= 4 is 38.9 Å². The Morgan fingerprint density at radius 1 is 1.00 bits per heavy atom. The standard InChI is InChI=1S/C21H17ClN2O4S/c1-13-6-5-7-14(10-13)24(2)29(26,27)20-11-15-19(12-16(20)22)28-18-9-4-3-8-17(18)23-21(15)25/h3-12H,1-2H3,(H,23,25). The topological polar surface area (TPSA) is 75.7 Å². The first kappa shape index (κ1) is 19.3. The van der Waals surface area contributed by atoms with Gasteiger partial charge < -0.3 is 10.1 Å². The zero-order valence-corrected chi connectivity index (χ0v) is 17.2. The van der Waals surface area contributed by atoms with Gasteiger partial charge in [-0.15, -0.1) is 0 Å². The van der Waals surface area contributed by atoms with Crippen molar-refractivity contribution < 1.29 is 17.9 Å². The number of rotatable bonds is 3. The molecule has 1 amide bonds. The Morgan fingerprint density at radius 2 is 1.76 bits per heavy atom. The van der Waals surface area contributed by atoms with E-state index < -0.39 is 15.9 Å². The minimum atomic E-state index is -4.01. The molecule has 0 bridgehead atoms. The maximum absolute atomic E-state index is 13.2. The van der Waals surface area contributed by atoms with Crippen LogP contribution in [0.4, 0.5) is 11.4 Å². The molecular formula is C21H17ClN2O4S. The van der Waals surface area contributed by atoms with Gasteiger partial charge in [-0.3, -0.25) is 9.10 Å². The number of sulfonamides is 1. The number of amides is 1. The van der Waals surface area contributed by atoms with Crippen molar-refractivity contribution in [2.24, 2.45) is 0 Å². The summed E-state index contributed by atoms with van der Waals surface area (Å²) < 4.78 is 33.4. The lowest BCUT2D eigenvalue weighted by Crippen LogP contribution is -2.27. The van der Waals surface area contributed by atoms with Crippen molar-refractivity contribution in [3.8, 4) is 11.5 Å². The maximum atomic E-state index is 13.2. The van der Waals surface area contributed by atoms with Gasteiger partial charge in [0, 0.05) is 13.1 Å². The summed E-state index contributed by atoms with van der Waals surface area (Å²) >= 11 is 6.32. The third kappa shape index (κ3) is 3.43. The number of nitrogens with zero attached hydrogens (tertiary/aromatic N) is 1. The predicted octanol–water partition coefficient (Wildman–Crippen LogP) is 4.83. The molecule has 0 saturated carbocycles. The number of benzene rings is 3. The zero-order chi connectivity index (χ0) is 20.8. The van der Waals surface area contributed by atoms with Crippen molar-refractivity contribution in [1.82, 2.24) is 0 Å². The van der Waals surface area contributed by atoms with Crippen molar-refractivity contribution in [3.05, 3.63) is 76.8 Å². The lowest BCUT2D eigenvalue weighted by molar-refractivity contribution is 0.102. The van der Waals surface area contributed by atoms with E-state index in [1.807, 2.05) is 13.0 Å². The number of halogens is 1. The van der Waals surface area contributed by atoms with Crippen LogP contribution in [-0.4, -0.2) is 21.4 Å². The first-order valence-corrected chi connectivity index (χ1v) is 10.6. The first-order valence-electron chi connectivity index (χ1n) is 8.75. The van der Waals surface area contributed by atoms with Crippen LogP contribution < -0.4 is 14.4 Å². The summed E-state index contributed by atoms with van der Waals surface area (Å²) in [6.45, 7) is 1.87. The molecule has 1 aliphatic rings. The van der Waals surface area contributed by atoms with Crippen molar-refractivity contribution in [2.75, 3.05) is 16.7 Å². The predicted molar refractivity (Wildman–Crippen MR) is 113 cm³/mol. The second kappa shape index (κ2) is 7.09. The summed E-state index contributed by atoms with van der Waals surface area (Å²) in [5.41, 5.74) is 1.99. The number of nitrogens with one attached hydrogen (secondary N) is 1. The Labute approximate surface area is 173 Å². The van der Waals surface area contributed by atoms with Gasteiger partial charge in [0.15, 0.2) is 5.75 Å². The summed E-state index contributed by atoms with van der Waals surface area (Å²) in [5.74, 6) is 0.161. The summed E-state index contributed by atoms with van der Waals surface area (Å²) in [4.78, 5) is 12.5.